The summed E-state index contributed by atoms with van der Waals surface area (Å²) in [5.74, 6) is 2.19. The summed E-state index contributed by atoms with van der Waals surface area (Å²) in [5, 5.41) is 8.47. The van der Waals surface area contributed by atoms with E-state index in [9.17, 15) is 9.36 Å². The van der Waals surface area contributed by atoms with Gasteiger partial charge in [-0.2, -0.15) is 0 Å². The minimum atomic E-state index is -0.431. The zero-order chi connectivity index (χ0) is 13.9. The van der Waals surface area contributed by atoms with Crippen molar-refractivity contribution in [3.63, 3.8) is 0 Å². The number of quaternary nitrogens is 1. The molecular weight excluding hydrogens is 241 g/mol. The van der Waals surface area contributed by atoms with Gasteiger partial charge in [0.15, 0.2) is 0 Å². The first-order chi connectivity index (χ1) is 7.80. The van der Waals surface area contributed by atoms with Crippen LogP contribution in [-0.2, 0) is 14.1 Å². The topological polar surface area (TPSA) is 63.6 Å². The zero-order valence-corrected chi connectivity index (χ0v) is 11.4. The maximum absolute atomic E-state index is 10.3. The number of esters is 1. The summed E-state index contributed by atoms with van der Waals surface area (Å²) in [6.07, 6.45) is 1.08. The van der Waals surface area contributed by atoms with Crippen LogP contribution >= 0.6 is 7.92 Å². The van der Waals surface area contributed by atoms with Crippen molar-refractivity contribution in [3.05, 3.63) is 25.0 Å². The van der Waals surface area contributed by atoms with Crippen molar-refractivity contribution in [1.82, 2.24) is 0 Å². The SMILES string of the molecule is C=COC(=O)C(=C)C.C[N+](C)(C#P=O)CCO. The number of likely N-dealkylation sites (N-methyl/N-ethyl adjacent to an activating group) is 1. The molecule has 0 heterocycles. The molecule has 0 aromatic heterocycles. The summed E-state index contributed by atoms with van der Waals surface area (Å²) in [5.41, 5.74) is 0.380. The van der Waals surface area contributed by atoms with Crippen molar-refractivity contribution in [2.45, 2.75) is 6.92 Å². The minimum absolute atomic E-state index is 0.0928. The Morgan fingerprint density at radius 1 is 1.59 bits per heavy atom. The van der Waals surface area contributed by atoms with Gasteiger partial charge in [-0.1, -0.05) is 13.2 Å². The summed E-state index contributed by atoms with van der Waals surface area (Å²) in [6, 6.07) is 0. The molecule has 0 aliphatic rings. The van der Waals surface area contributed by atoms with Gasteiger partial charge in [0.2, 0.25) is 0 Å². The Labute approximate surface area is 103 Å². The van der Waals surface area contributed by atoms with Crippen LogP contribution in [0.25, 0.3) is 0 Å². The molecule has 96 valence electrons. The van der Waals surface area contributed by atoms with Gasteiger partial charge < -0.3 is 4.74 Å². The Balaban J connectivity index is 0. The van der Waals surface area contributed by atoms with E-state index in [4.69, 9.17) is 5.11 Å². The monoisotopic (exact) mass is 260 g/mol. The van der Waals surface area contributed by atoms with Crippen LogP contribution in [0.5, 0.6) is 0 Å². The quantitative estimate of drug-likeness (QED) is 0.273. The molecule has 0 bridgehead atoms. The fraction of sp³-hybridized carbons (Fsp3) is 0.455. The van der Waals surface area contributed by atoms with Crippen LogP contribution in [0.1, 0.15) is 6.92 Å². The van der Waals surface area contributed by atoms with Crippen molar-refractivity contribution in [3.8, 4) is 5.75 Å². The molecule has 0 radical (unpaired) electrons. The molecule has 0 aromatic carbocycles. The second kappa shape index (κ2) is 10.1. The predicted octanol–water partition coefficient (Wildman–Crippen LogP) is 1.51. The molecule has 6 heteroatoms. The third-order valence-corrected chi connectivity index (χ3v) is 2.13. The Morgan fingerprint density at radius 3 is 2.35 bits per heavy atom. The van der Waals surface area contributed by atoms with Gasteiger partial charge in [-0.25, -0.2) is 4.79 Å². The van der Waals surface area contributed by atoms with Crippen LogP contribution < -0.4 is 0 Å². The van der Waals surface area contributed by atoms with Crippen LogP contribution in [0.15, 0.2) is 25.0 Å². The van der Waals surface area contributed by atoms with Crippen molar-refractivity contribution in [1.29, 1.82) is 0 Å². The molecule has 1 N–H and O–H groups in total. The van der Waals surface area contributed by atoms with E-state index in [0.29, 0.717) is 16.6 Å². The zero-order valence-electron chi connectivity index (χ0n) is 10.5. The fourth-order valence-electron chi connectivity index (χ4n) is 0.587. The molecule has 0 aromatic rings. The van der Waals surface area contributed by atoms with Crippen molar-refractivity contribution in [2.24, 2.45) is 0 Å². The summed E-state index contributed by atoms with van der Waals surface area (Å²) < 4.78 is 14.7. The van der Waals surface area contributed by atoms with Gasteiger partial charge in [0.1, 0.15) is 0 Å². The Bertz CT molecular complexity index is 370. The van der Waals surface area contributed by atoms with Crippen LogP contribution in [-0.4, -0.2) is 42.8 Å². The van der Waals surface area contributed by atoms with E-state index in [1.54, 1.807) is 6.92 Å². The van der Waals surface area contributed by atoms with E-state index in [-0.39, 0.29) is 14.5 Å². The van der Waals surface area contributed by atoms with Crippen molar-refractivity contribution in [2.75, 3.05) is 27.2 Å². The molecule has 5 nitrogen and oxygen atoms in total. The van der Waals surface area contributed by atoms with E-state index in [0.717, 1.165) is 6.26 Å². The average molecular weight is 260 g/mol. The fourth-order valence-corrected chi connectivity index (χ4v) is 0.908. The van der Waals surface area contributed by atoms with Gasteiger partial charge in [-0.05, 0) is 6.92 Å². The standard InChI is InChI=1S/C6H8O2.C5H11NO2P/c1-4-8-6(7)5(2)3;1-6(2,3-4-7)5-9-8/h4H,1-2H2,3H3;7H,3-4H2,1-2H3/q;+1. The third kappa shape index (κ3) is 12.8. The Hall–Kier alpha value is -1.12. The van der Waals surface area contributed by atoms with Crippen LogP contribution in [0.2, 0.25) is 0 Å². The molecule has 0 aliphatic heterocycles. The molecule has 0 rings (SSSR count). The van der Waals surface area contributed by atoms with Gasteiger partial charge in [-0.15, -0.1) is 0 Å². The number of carbonyl (C=O) groups excluding carboxylic acids is 1. The molecule has 0 aliphatic carbocycles. The van der Waals surface area contributed by atoms with Crippen LogP contribution in [0.4, 0.5) is 0 Å². The second-order valence-corrected chi connectivity index (χ2v) is 4.06. The first kappa shape index (κ1) is 18.3. The normalized spacial score (nSPS) is 9.18. The molecule has 0 unspecified atom stereocenters. The molecule has 0 amide bonds. The summed E-state index contributed by atoms with van der Waals surface area (Å²) in [6.45, 7) is 8.77. The number of hydrogen-bond acceptors (Lipinski definition) is 4. The first-order valence-corrected chi connectivity index (χ1v) is 5.62. The van der Waals surface area contributed by atoms with E-state index >= 15 is 0 Å². The van der Waals surface area contributed by atoms with Gasteiger partial charge in [0.05, 0.1) is 6.26 Å². The van der Waals surface area contributed by atoms with E-state index in [2.05, 4.69) is 23.6 Å². The van der Waals surface area contributed by atoms with Crippen LogP contribution in [0.3, 0.4) is 0 Å². The summed E-state index contributed by atoms with van der Waals surface area (Å²) in [4.78, 5) is 10.3. The number of carbonyl (C=O) groups is 1. The predicted molar refractivity (Wildman–Crippen MR) is 66.7 cm³/mol. The number of aliphatic hydroxyl groups excluding tert-OH is 1. The molecule has 0 saturated heterocycles. The molecule has 0 spiro atoms. The summed E-state index contributed by atoms with van der Waals surface area (Å²) in [7, 11) is 3.54. The third-order valence-electron chi connectivity index (χ3n) is 1.51. The number of hydrogen-bond donors (Lipinski definition) is 1. The van der Waals surface area contributed by atoms with E-state index in [1.165, 1.54) is 0 Å². The maximum atomic E-state index is 10.3. The number of aliphatic hydroxyl groups is 1. The molecule has 17 heavy (non-hydrogen) atoms. The van der Waals surface area contributed by atoms with Gasteiger partial charge in [-0.3, -0.25) is 0 Å². The van der Waals surface area contributed by atoms with E-state index < -0.39 is 5.97 Å². The number of ether oxygens (including phenoxy) is 1. The molecule has 0 saturated carbocycles. The molecular formula is C11H19NO4P+. The summed E-state index contributed by atoms with van der Waals surface area (Å²) >= 11 is 0. The molecule has 0 fully saturated rings. The molecule has 0 atom stereocenters. The number of rotatable bonds is 4. The second-order valence-electron chi connectivity index (χ2n) is 3.68. The van der Waals surface area contributed by atoms with Gasteiger partial charge >= 0.3 is 61.0 Å². The Morgan fingerprint density at radius 2 is 2.12 bits per heavy atom. The van der Waals surface area contributed by atoms with E-state index in [1.807, 2.05) is 14.1 Å². The van der Waals surface area contributed by atoms with Gasteiger partial charge in [0.25, 0.3) is 0 Å². The number of nitrogens with zero attached hydrogens (tertiary/aromatic N) is 1. The first-order valence-electron chi connectivity index (χ1n) is 4.81. The van der Waals surface area contributed by atoms with Crippen molar-refractivity contribution < 1.29 is 23.7 Å². The van der Waals surface area contributed by atoms with Crippen LogP contribution in [0, 0.1) is 5.75 Å². The van der Waals surface area contributed by atoms with Crippen molar-refractivity contribution >= 4 is 13.9 Å². The average Bonchev–Trinajstić information content (AvgIpc) is 2.18. The van der Waals surface area contributed by atoms with Gasteiger partial charge in [0, 0.05) is 5.57 Å². The Kier molecular flexibility index (Phi) is 10.8.